The molecule has 0 aliphatic carbocycles. The zero-order valence-corrected chi connectivity index (χ0v) is 15.3. The van der Waals surface area contributed by atoms with Crippen LogP contribution in [-0.2, 0) is 22.7 Å². The van der Waals surface area contributed by atoms with Crippen LogP contribution in [0.1, 0.15) is 45.5 Å². The lowest BCUT2D eigenvalue weighted by Crippen LogP contribution is -2.27. The summed E-state index contributed by atoms with van der Waals surface area (Å²) < 4.78 is 11.5. The van der Waals surface area contributed by atoms with Gasteiger partial charge >= 0.3 is 0 Å². The first-order valence-electron chi connectivity index (χ1n) is 8.63. The normalized spacial score (nSPS) is 22.2. The van der Waals surface area contributed by atoms with Crippen LogP contribution in [-0.4, -0.2) is 13.2 Å². The third-order valence-corrected chi connectivity index (χ3v) is 5.32. The van der Waals surface area contributed by atoms with E-state index in [0.29, 0.717) is 26.4 Å². The van der Waals surface area contributed by atoms with Gasteiger partial charge in [-0.2, -0.15) is 0 Å². The van der Waals surface area contributed by atoms with Crippen LogP contribution in [0, 0.1) is 13.8 Å². The summed E-state index contributed by atoms with van der Waals surface area (Å²) in [6.45, 7) is 6.50. The average molecular weight is 359 g/mol. The minimum atomic E-state index is -0.0734. The van der Waals surface area contributed by atoms with E-state index in [4.69, 9.17) is 26.8 Å². The Labute approximate surface area is 153 Å². The van der Waals surface area contributed by atoms with E-state index < -0.39 is 0 Å². The summed E-state index contributed by atoms with van der Waals surface area (Å²) in [6.07, 6.45) is 0. The summed E-state index contributed by atoms with van der Waals surface area (Å²) in [4.78, 5) is 0. The molecule has 0 fully saturated rings. The first-order valence-corrected chi connectivity index (χ1v) is 9.00. The van der Waals surface area contributed by atoms with Crippen LogP contribution in [0.25, 0.3) is 0 Å². The molecule has 2 heterocycles. The summed E-state index contributed by atoms with van der Waals surface area (Å²) in [5.74, 6) is 0. The van der Waals surface area contributed by atoms with Crippen LogP contribution in [0.15, 0.2) is 24.3 Å². The number of hydrogen-bond acceptors (Lipinski definition) is 4. The molecule has 0 spiro atoms. The van der Waals surface area contributed by atoms with Gasteiger partial charge in [0, 0.05) is 21.8 Å². The average Bonchev–Trinajstić information content (AvgIpc) is 2.56. The first-order chi connectivity index (χ1) is 12.0. The lowest BCUT2D eigenvalue weighted by atomic mass is 9.93. The zero-order chi connectivity index (χ0) is 17.6. The van der Waals surface area contributed by atoms with Gasteiger partial charge in [0.1, 0.15) is 0 Å². The fourth-order valence-corrected chi connectivity index (χ4v) is 4.12. The predicted octanol–water partition coefficient (Wildman–Crippen LogP) is 4.17. The van der Waals surface area contributed by atoms with Gasteiger partial charge in [-0.25, -0.2) is 0 Å². The number of anilines is 1. The molecular weight excluding hydrogens is 336 g/mol. The minimum Gasteiger partial charge on any atom is -0.376 e. The van der Waals surface area contributed by atoms with E-state index in [9.17, 15) is 0 Å². The summed E-state index contributed by atoms with van der Waals surface area (Å²) in [5, 5.41) is 4.44. The number of aryl methyl sites for hydroxylation is 2. The molecule has 0 radical (unpaired) electrons. The maximum absolute atomic E-state index is 6.43. The van der Waals surface area contributed by atoms with Gasteiger partial charge in [-0.1, -0.05) is 23.7 Å². The van der Waals surface area contributed by atoms with Crippen molar-refractivity contribution in [1.82, 2.24) is 0 Å². The Bertz CT molecular complexity index is 822. The van der Waals surface area contributed by atoms with Crippen LogP contribution in [0.2, 0.25) is 5.02 Å². The molecule has 0 bridgehead atoms. The maximum atomic E-state index is 6.43. The standard InChI is InChI=1S/C20H23ClN2O2/c1-11-4-14-15(17(21)5-11)7-25-10-20(14)23-19-6-12(2)3-13-16(19)8-24-9-18(13)22/h3-6,18,20,23H,7-10,22H2,1-2H3. The van der Waals surface area contributed by atoms with Crippen molar-refractivity contribution in [3.63, 3.8) is 0 Å². The van der Waals surface area contributed by atoms with Gasteiger partial charge < -0.3 is 20.5 Å². The van der Waals surface area contributed by atoms with E-state index in [1.807, 2.05) is 6.07 Å². The molecule has 4 nitrogen and oxygen atoms in total. The maximum Gasteiger partial charge on any atom is 0.0752 e. The van der Waals surface area contributed by atoms with Crippen molar-refractivity contribution in [2.75, 3.05) is 18.5 Å². The molecule has 4 rings (SSSR count). The van der Waals surface area contributed by atoms with Crippen molar-refractivity contribution < 1.29 is 9.47 Å². The SMILES string of the molecule is Cc1cc(NC2COCc3c(Cl)cc(C)cc32)c2c(c1)C(N)COC2. The Morgan fingerprint density at radius 2 is 1.64 bits per heavy atom. The second-order valence-corrected chi connectivity index (χ2v) is 7.44. The molecule has 5 heteroatoms. The molecular formula is C20H23ClN2O2. The summed E-state index contributed by atoms with van der Waals surface area (Å²) >= 11 is 6.43. The molecule has 0 amide bonds. The van der Waals surface area contributed by atoms with Gasteiger partial charge in [0.05, 0.1) is 38.5 Å². The van der Waals surface area contributed by atoms with Crippen molar-refractivity contribution in [2.45, 2.75) is 39.1 Å². The van der Waals surface area contributed by atoms with Gasteiger partial charge in [-0.15, -0.1) is 0 Å². The van der Waals surface area contributed by atoms with Crippen LogP contribution in [0.4, 0.5) is 5.69 Å². The molecule has 2 aromatic rings. The Morgan fingerprint density at radius 3 is 2.48 bits per heavy atom. The van der Waals surface area contributed by atoms with Gasteiger partial charge in [0.25, 0.3) is 0 Å². The first kappa shape index (κ1) is 16.9. The number of ether oxygens (including phenoxy) is 2. The highest BCUT2D eigenvalue weighted by molar-refractivity contribution is 6.31. The molecule has 2 atom stereocenters. The summed E-state index contributed by atoms with van der Waals surface area (Å²) in [7, 11) is 0. The van der Waals surface area contributed by atoms with Gasteiger partial charge in [0.15, 0.2) is 0 Å². The van der Waals surface area contributed by atoms with E-state index >= 15 is 0 Å². The molecule has 2 unspecified atom stereocenters. The van der Waals surface area contributed by atoms with Crippen LogP contribution < -0.4 is 11.1 Å². The zero-order valence-electron chi connectivity index (χ0n) is 14.6. The fourth-order valence-electron chi connectivity index (χ4n) is 3.78. The van der Waals surface area contributed by atoms with E-state index in [1.54, 1.807) is 0 Å². The van der Waals surface area contributed by atoms with Crippen molar-refractivity contribution in [3.05, 3.63) is 62.7 Å². The lowest BCUT2D eigenvalue weighted by Gasteiger charge is -2.31. The molecule has 25 heavy (non-hydrogen) atoms. The van der Waals surface area contributed by atoms with E-state index in [0.717, 1.165) is 27.4 Å². The van der Waals surface area contributed by atoms with Crippen molar-refractivity contribution in [2.24, 2.45) is 5.73 Å². The monoisotopic (exact) mass is 358 g/mol. The van der Waals surface area contributed by atoms with Crippen LogP contribution >= 0.6 is 11.6 Å². The molecule has 2 aliphatic heterocycles. The van der Waals surface area contributed by atoms with Gasteiger partial charge in [-0.3, -0.25) is 0 Å². The Hall–Kier alpha value is -1.59. The third kappa shape index (κ3) is 3.15. The second-order valence-electron chi connectivity index (χ2n) is 7.03. The quantitative estimate of drug-likeness (QED) is 0.846. The van der Waals surface area contributed by atoms with E-state index in [2.05, 4.69) is 37.4 Å². The Balaban J connectivity index is 1.73. The van der Waals surface area contributed by atoms with Crippen LogP contribution in [0.5, 0.6) is 0 Å². The number of rotatable bonds is 2. The largest absolute Gasteiger partial charge is 0.376 e. The Morgan fingerprint density at radius 1 is 0.960 bits per heavy atom. The number of hydrogen-bond donors (Lipinski definition) is 2. The van der Waals surface area contributed by atoms with Crippen molar-refractivity contribution in [1.29, 1.82) is 0 Å². The number of fused-ring (bicyclic) bond motifs is 2. The van der Waals surface area contributed by atoms with Crippen molar-refractivity contribution in [3.8, 4) is 0 Å². The minimum absolute atomic E-state index is 0.0604. The van der Waals surface area contributed by atoms with Crippen LogP contribution in [0.3, 0.4) is 0 Å². The van der Waals surface area contributed by atoms with Crippen molar-refractivity contribution >= 4 is 17.3 Å². The smallest absolute Gasteiger partial charge is 0.0752 e. The van der Waals surface area contributed by atoms with E-state index in [-0.39, 0.29) is 12.1 Å². The number of nitrogens with one attached hydrogen (secondary N) is 1. The number of benzene rings is 2. The van der Waals surface area contributed by atoms with Gasteiger partial charge in [0.2, 0.25) is 0 Å². The molecule has 0 saturated heterocycles. The highest BCUT2D eigenvalue weighted by Crippen LogP contribution is 2.37. The lowest BCUT2D eigenvalue weighted by molar-refractivity contribution is 0.0913. The number of nitrogens with two attached hydrogens (primary N) is 1. The molecule has 0 saturated carbocycles. The third-order valence-electron chi connectivity index (χ3n) is 4.98. The molecule has 3 N–H and O–H groups in total. The molecule has 132 valence electrons. The topological polar surface area (TPSA) is 56.5 Å². The molecule has 2 aromatic carbocycles. The van der Waals surface area contributed by atoms with Gasteiger partial charge in [-0.05, 0) is 48.2 Å². The molecule has 2 aliphatic rings. The number of halogens is 1. The summed E-state index contributed by atoms with van der Waals surface area (Å²) in [5.41, 5.74) is 14.3. The highest BCUT2D eigenvalue weighted by atomic mass is 35.5. The molecule has 0 aromatic heterocycles. The Kier molecular flexibility index (Phi) is 4.46. The highest BCUT2D eigenvalue weighted by Gasteiger charge is 2.26. The second kappa shape index (κ2) is 6.61. The fraction of sp³-hybridized carbons (Fsp3) is 0.400. The summed E-state index contributed by atoms with van der Waals surface area (Å²) in [6, 6.07) is 8.51. The predicted molar refractivity (Wildman–Crippen MR) is 100.0 cm³/mol. The van der Waals surface area contributed by atoms with E-state index in [1.165, 1.54) is 16.7 Å².